The molecule has 1 saturated carbocycles. The van der Waals surface area contributed by atoms with Crippen molar-refractivity contribution < 1.29 is 18.4 Å². The van der Waals surface area contributed by atoms with Gasteiger partial charge in [0.2, 0.25) is 5.91 Å². The number of nitrogens with two attached hydrogens (primary N) is 1. The highest BCUT2D eigenvalue weighted by atomic mass is 32.2. The largest absolute Gasteiger partial charge is 0.356 e. The third kappa shape index (κ3) is 15.4. The zero-order chi connectivity index (χ0) is 15.8. The van der Waals surface area contributed by atoms with Gasteiger partial charge >= 0.3 is 0 Å². The number of hydrogen-bond donors (Lipinski definition) is 3. The van der Waals surface area contributed by atoms with Gasteiger partial charge in [-0.15, -0.1) is 0 Å². The van der Waals surface area contributed by atoms with Crippen LogP contribution in [0, 0.1) is 6.42 Å². The van der Waals surface area contributed by atoms with E-state index in [0.717, 1.165) is 51.5 Å². The molecule has 0 radical (unpaired) electrons. The van der Waals surface area contributed by atoms with E-state index in [2.05, 4.69) is 21.9 Å². The van der Waals surface area contributed by atoms with Crippen molar-refractivity contribution in [1.29, 1.82) is 0 Å². The molecule has 1 amide bonds. The Bertz CT molecular complexity index is 256. The van der Waals surface area contributed by atoms with Gasteiger partial charge in [-0.05, 0) is 25.7 Å². The molecule has 21 heavy (non-hydrogen) atoms. The number of Topliss-reactive ketones (excluding diaryl/α,β-unsaturated/α-hetero) is 1. The molecule has 1 saturated heterocycles. The molecule has 7 heteroatoms. The lowest BCUT2D eigenvalue weighted by atomic mass is 10.1. The van der Waals surface area contributed by atoms with Crippen molar-refractivity contribution in [1.82, 2.24) is 5.32 Å². The molecule has 2 rings (SSSR count). The second kappa shape index (κ2) is 15.6. The van der Waals surface area contributed by atoms with Crippen LogP contribution in [0.5, 0.6) is 0 Å². The first kappa shape index (κ1) is 20.2. The summed E-state index contributed by atoms with van der Waals surface area (Å²) in [4.78, 5) is 21.4. The molecule has 0 atom stereocenters. The van der Waals surface area contributed by atoms with Crippen molar-refractivity contribution in [2.75, 3.05) is 6.54 Å². The fourth-order valence-electron chi connectivity index (χ4n) is 2.06. The van der Waals surface area contributed by atoms with Crippen LogP contribution >= 0.6 is 12.3 Å². The number of ketones is 1. The Labute approximate surface area is 131 Å². The Morgan fingerprint density at radius 3 is 2.48 bits per heavy atom. The highest BCUT2D eigenvalue weighted by Gasteiger charge is 2.12. The zero-order valence-electron chi connectivity index (χ0n) is 12.5. The molecule has 1 aliphatic carbocycles. The summed E-state index contributed by atoms with van der Waals surface area (Å²) in [5, 5.41) is 2.85. The first-order valence-electron chi connectivity index (χ1n) is 7.47. The Morgan fingerprint density at radius 1 is 1.10 bits per heavy atom. The second-order valence-electron chi connectivity index (χ2n) is 4.96. The SMILES string of the molecule is NOSO.O=C1CCCCCCN1.O=C1C[CH+]CCCC1. The standard InChI is InChI=1S/C7H13NO.C7H11O.H3NO2S/c9-7-5-3-1-2-4-6-8-7;8-7-5-3-1-2-4-6-7;1-3-4-2/h1-6H2,(H,8,9);3H,1-2,4-6H2;2H,1H2/q;+1;. The van der Waals surface area contributed by atoms with Crippen LogP contribution in [-0.4, -0.2) is 22.8 Å². The topological polar surface area (TPSA) is 102 Å². The summed E-state index contributed by atoms with van der Waals surface area (Å²) in [7, 11) is 0. The van der Waals surface area contributed by atoms with E-state index in [9.17, 15) is 9.59 Å². The van der Waals surface area contributed by atoms with E-state index in [1.165, 1.54) is 19.3 Å². The fraction of sp³-hybridized carbons (Fsp3) is 0.786. The van der Waals surface area contributed by atoms with Crippen molar-refractivity contribution in [3.63, 3.8) is 0 Å². The van der Waals surface area contributed by atoms with Crippen molar-refractivity contribution in [3.8, 4) is 0 Å². The first-order valence-corrected chi connectivity index (χ1v) is 8.17. The summed E-state index contributed by atoms with van der Waals surface area (Å²) < 4.78 is 11.0. The van der Waals surface area contributed by atoms with Gasteiger partial charge in [-0.3, -0.25) is 9.59 Å². The van der Waals surface area contributed by atoms with E-state index in [1.54, 1.807) is 0 Å². The molecule has 0 aromatic heterocycles. The van der Waals surface area contributed by atoms with Crippen LogP contribution in [0.1, 0.15) is 64.2 Å². The number of carbonyl (C=O) groups excluding carboxylic acids is 2. The third-order valence-corrected chi connectivity index (χ3v) is 3.27. The van der Waals surface area contributed by atoms with Gasteiger partial charge < -0.3 is 9.87 Å². The van der Waals surface area contributed by atoms with Crippen molar-refractivity contribution >= 4 is 24.0 Å². The van der Waals surface area contributed by atoms with Gasteiger partial charge in [0.25, 0.3) is 0 Å². The lowest BCUT2D eigenvalue weighted by molar-refractivity contribution is -0.121. The molecular weight excluding hydrogens is 292 g/mol. The average molecular weight is 319 g/mol. The average Bonchev–Trinajstić information content (AvgIpc) is 2.72. The molecule has 1 aliphatic heterocycles. The number of carbonyl (C=O) groups is 2. The molecule has 4 N–H and O–H groups in total. The highest BCUT2D eigenvalue weighted by Crippen LogP contribution is 2.11. The third-order valence-electron chi connectivity index (χ3n) is 3.18. The maximum absolute atomic E-state index is 10.7. The molecule has 0 bridgehead atoms. The number of nitrogens with one attached hydrogen (secondary N) is 1. The van der Waals surface area contributed by atoms with Crippen molar-refractivity contribution in [2.24, 2.45) is 5.90 Å². The maximum Gasteiger partial charge on any atom is 0.219 e. The fourth-order valence-corrected chi connectivity index (χ4v) is 2.06. The van der Waals surface area contributed by atoms with Crippen molar-refractivity contribution in [3.05, 3.63) is 6.42 Å². The summed E-state index contributed by atoms with van der Waals surface area (Å²) >= 11 is 0.134. The summed E-state index contributed by atoms with van der Waals surface area (Å²) in [5.74, 6) is 4.89. The minimum Gasteiger partial charge on any atom is -0.356 e. The van der Waals surface area contributed by atoms with Gasteiger partial charge in [0.1, 0.15) is 6.42 Å². The monoisotopic (exact) mass is 319 g/mol. The predicted molar refractivity (Wildman–Crippen MR) is 84.0 cm³/mol. The minimum atomic E-state index is 0.134. The minimum absolute atomic E-state index is 0.134. The zero-order valence-corrected chi connectivity index (χ0v) is 13.3. The summed E-state index contributed by atoms with van der Waals surface area (Å²) in [6.45, 7) is 0.888. The normalized spacial score (nSPS) is 19.1. The van der Waals surface area contributed by atoms with E-state index in [4.69, 9.17) is 4.55 Å². The molecule has 0 aromatic carbocycles. The Hall–Kier alpha value is -0.760. The highest BCUT2D eigenvalue weighted by molar-refractivity contribution is 7.88. The molecule has 2 aliphatic rings. The molecular formula is C14H27N2O4S+. The summed E-state index contributed by atoms with van der Waals surface area (Å²) in [6.07, 6.45) is 12.6. The number of rotatable bonds is 1. The van der Waals surface area contributed by atoms with Crippen LogP contribution in [0.25, 0.3) is 0 Å². The first-order chi connectivity index (χ1) is 10.2. The smallest absolute Gasteiger partial charge is 0.219 e. The lowest BCUT2D eigenvalue weighted by Gasteiger charge is -2.08. The number of amides is 1. The predicted octanol–water partition coefficient (Wildman–Crippen LogP) is 2.79. The second-order valence-corrected chi connectivity index (χ2v) is 5.30. The van der Waals surface area contributed by atoms with Crippen molar-refractivity contribution in [2.45, 2.75) is 64.2 Å². The molecule has 2 fully saturated rings. The molecule has 0 aromatic rings. The maximum atomic E-state index is 10.7. The van der Waals surface area contributed by atoms with Gasteiger partial charge in [-0.25, -0.2) is 4.28 Å². The van der Waals surface area contributed by atoms with Crippen LogP contribution in [-0.2, 0) is 13.9 Å². The van der Waals surface area contributed by atoms with Crippen LogP contribution < -0.4 is 11.2 Å². The van der Waals surface area contributed by atoms with Gasteiger partial charge in [0.15, 0.2) is 18.1 Å². The van der Waals surface area contributed by atoms with E-state index in [1.807, 2.05) is 0 Å². The Kier molecular flexibility index (Phi) is 15.1. The molecule has 6 nitrogen and oxygen atoms in total. The van der Waals surface area contributed by atoms with Gasteiger partial charge in [0, 0.05) is 19.4 Å². The van der Waals surface area contributed by atoms with Gasteiger partial charge in [-0.1, -0.05) is 12.8 Å². The van der Waals surface area contributed by atoms with Crippen LogP contribution in [0.15, 0.2) is 0 Å². The summed E-state index contributed by atoms with van der Waals surface area (Å²) in [5.41, 5.74) is 0. The quantitative estimate of drug-likeness (QED) is 0.297. The Morgan fingerprint density at radius 2 is 1.76 bits per heavy atom. The summed E-state index contributed by atoms with van der Waals surface area (Å²) in [6, 6.07) is 0. The van der Waals surface area contributed by atoms with E-state index in [-0.39, 0.29) is 18.2 Å². The van der Waals surface area contributed by atoms with Crippen LogP contribution in [0.4, 0.5) is 0 Å². The van der Waals surface area contributed by atoms with Gasteiger partial charge in [0.05, 0.1) is 12.8 Å². The molecule has 1 heterocycles. The molecule has 122 valence electrons. The van der Waals surface area contributed by atoms with E-state index < -0.39 is 0 Å². The molecule has 0 spiro atoms. The molecule has 0 unspecified atom stereocenters. The Balaban J connectivity index is 0.000000308. The number of hydrogen-bond acceptors (Lipinski definition) is 6. The van der Waals surface area contributed by atoms with E-state index in [0.29, 0.717) is 5.78 Å². The van der Waals surface area contributed by atoms with Gasteiger partial charge in [-0.2, -0.15) is 5.90 Å². The lowest BCUT2D eigenvalue weighted by Crippen LogP contribution is -2.25. The van der Waals surface area contributed by atoms with Crippen LogP contribution in [0.3, 0.4) is 0 Å². The van der Waals surface area contributed by atoms with Crippen LogP contribution in [0.2, 0.25) is 0 Å². The van der Waals surface area contributed by atoms with E-state index >= 15 is 0 Å².